The molecule has 0 aliphatic carbocycles. The zero-order valence-electron chi connectivity index (χ0n) is 9.88. The first-order chi connectivity index (χ1) is 9.38. The molecular formula is C13H8Br2F2N2S. The highest BCUT2D eigenvalue weighted by Gasteiger charge is 2.12. The molecule has 0 amide bonds. The van der Waals surface area contributed by atoms with Gasteiger partial charge in [0.1, 0.15) is 10.7 Å². The highest BCUT2D eigenvalue weighted by atomic mass is 79.9. The Morgan fingerprint density at radius 2 is 1.70 bits per heavy atom. The summed E-state index contributed by atoms with van der Waals surface area (Å²) in [6.07, 6.45) is 0. The minimum atomic E-state index is -0.689. The highest BCUT2D eigenvalue weighted by Crippen LogP contribution is 2.29. The van der Waals surface area contributed by atoms with Gasteiger partial charge in [0.05, 0.1) is 0 Å². The maximum Gasteiger partial charge on any atom is 0.150 e. The molecule has 20 heavy (non-hydrogen) atoms. The Bertz CT molecular complexity index is 669. The van der Waals surface area contributed by atoms with Gasteiger partial charge >= 0.3 is 0 Å². The Morgan fingerprint density at radius 3 is 2.20 bits per heavy atom. The first-order valence-electron chi connectivity index (χ1n) is 5.39. The van der Waals surface area contributed by atoms with Crippen LogP contribution in [0.15, 0.2) is 39.3 Å². The molecule has 0 heterocycles. The van der Waals surface area contributed by atoms with Crippen LogP contribution in [-0.4, -0.2) is 4.99 Å². The van der Waals surface area contributed by atoms with Crippen LogP contribution in [0.2, 0.25) is 0 Å². The normalized spacial score (nSPS) is 10.4. The van der Waals surface area contributed by atoms with Crippen molar-refractivity contribution in [2.75, 3.05) is 5.32 Å². The van der Waals surface area contributed by atoms with Crippen LogP contribution in [0.4, 0.5) is 20.2 Å². The quantitative estimate of drug-likeness (QED) is 0.694. The Morgan fingerprint density at radius 1 is 1.10 bits per heavy atom. The molecular weight excluding hydrogens is 414 g/mol. The Kier molecular flexibility index (Phi) is 4.72. The molecule has 0 spiro atoms. The number of rotatable bonds is 3. The fourth-order valence-corrected chi connectivity index (χ4v) is 2.90. The van der Waals surface area contributed by atoms with E-state index in [1.165, 1.54) is 12.1 Å². The SMILES string of the molecule is NC(=S)c1ccc(Nc2c(F)cc(Br)cc2F)cc1Br. The van der Waals surface area contributed by atoms with Crippen molar-refractivity contribution < 1.29 is 8.78 Å². The first-order valence-corrected chi connectivity index (χ1v) is 7.39. The van der Waals surface area contributed by atoms with E-state index in [-0.39, 0.29) is 10.7 Å². The van der Waals surface area contributed by atoms with Crippen LogP contribution in [0.25, 0.3) is 0 Å². The number of thiocarbonyl (C=S) groups is 1. The lowest BCUT2D eigenvalue weighted by molar-refractivity contribution is 0.589. The van der Waals surface area contributed by atoms with Gasteiger partial charge in [-0.1, -0.05) is 28.1 Å². The smallest absolute Gasteiger partial charge is 0.150 e. The number of nitrogens with two attached hydrogens (primary N) is 1. The number of benzene rings is 2. The summed E-state index contributed by atoms with van der Waals surface area (Å²) in [6.45, 7) is 0. The van der Waals surface area contributed by atoms with E-state index in [0.29, 0.717) is 20.2 Å². The summed E-state index contributed by atoms with van der Waals surface area (Å²) in [4.78, 5) is 0.240. The molecule has 2 aromatic carbocycles. The molecule has 0 unspecified atom stereocenters. The van der Waals surface area contributed by atoms with E-state index in [1.54, 1.807) is 18.2 Å². The number of hydrogen-bond acceptors (Lipinski definition) is 2. The fourth-order valence-electron chi connectivity index (χ4n) is 1.60. The minimum Gasteiger partial charge on any atom is -0.389 e. The van der Waals surface area contributed by atoms with E-state index in [9.17, 15) is 8.78 Å². The van der Waals surface area contributed by atoms with Crippen LogP contribution in [0.3, 0.4) is 0 Å². The molecule has 0 saturated heterocycles. The molecule has 2 aromatic rings. The predicted octanol–water partition coefficient (Wildman–Crippen LogP) is 4.87. The first kappa shape index (κ1) is 15.3. The van der Waals surface area contributed by atoms with Crippen molar-refractivity contribution in [2.45, 2.75) is 0 Å². The van der Waals surface area contributed by atoms with Crippen molar-refractivity contribution in [2.24, 2.45) is 5.73 Å². The second-order valence-corrected chi connectivity index (χ2v) is 6.14. The molecule has 0 aromatic heterocycles. The van der Waals surface area contributed by atoms with Crippen molar-refractivity contribution in [1.29, 1.82) is 0 Å². The fraction of sp³-hybridized carbons (Fsp3) is 0. The molecule has 7 heteroatoms. The molecule has 0 aliphatic heterocycles. The van der Waals surface area contributed by atoms with Gasteiger partial charge in [-0.05, 0) is 46.3 Å². The zero-order chi connectivity index (χ0) is 14.9. The molecule has 104 valence electrons. The molecule has 0 atom stereocenters. The Balaban J connectivity index is 2.36. The van der Waals surface area contributed by atoms with Crippen molar-refractivity contribution in [3.63, 3.8) is 0 Å². The van der Waals surface area contributed by atoms with E-state index in [0.717, 1.165) is 0 Å². The third-order valence-corrected chi connectivity index (χ3v) is 3.84. The largest absolute Gasteiger partial charge is 0.389 e. The Hall–Kier alpha value is -1.05. The Labute approximate surface area is 136 Å². The van der Waals surface area contributed by atoms with Crippen LogP contribution >= 0.6 is 44.1 Å². The summed E-state index contributed by atoms with van der Waals surface area (Å²) < 4.78 is 28.4. The van der Waals surface area contributed by atoms with Gasteiger partial charge in [0.25, 0.3) is 0 Å². The van der Waals surface area contributed by atoms with Crippen LogP contribution in [0.1, 0.15) is 5.56 Å². The molecule has 0 bridgehead atoms. The van der Waals surface area contributed by atoms with Crippen molar-refractivity contribution in [1.82, 2.24) is 0 Å². The average molecular weight is 422 g/mol. The standard InChI is InChI=1S/C13H8Br2F2N2S/c14-6-3-10(16)12(11(17)4-6)19-7-1-2-8(13(18)20)9(15)5-7/h1-5,19H,(H2,18,20). The van der Waals surface area contributed by atoms with E-state index < -0.39 is 11.6 Å². The molecule has 0 saturated carbocycles. The summed E-state index contributed by atoms with van der Waals surface area (Å²) in [5.41, 5.74) is 6.48. The summed E-state index contributed by atoms with van der Waals surface area (Å²) in [7, 11) is 0. The number of halogens is 4. The van der Waals surface area contributed by atoms with Gasteiger partial charge in [0.15, 0.2) is 11.6 Å². The van der Waals surface area contributed by atoms with Gasteiger partial charge in [0, 0.05) is 20.2 Å². The minimum absolute atomic E-state index is 0.219. The van der Waals surface area contributed by atoms with Crippen molar-refractivity contribution >= 4 is 60.4 Å². The second kappa shape index (κ2) is 6.15. The summed E-state index contributed by atoms with van der Waals surface area (Å²) in [5, 5.41) is 2.69. The summed E-state index contributed by atoms with van der Waals surface area (Å²) >= 11 is 11.2. The van der Waals surface area contributed by atoms with Crippen LogP contribution in [-0.2, 0) is 0 Å². The van der Waals surface area contributed by atoms with E-state index in [1.807, 2.05) is 0 Å². The molecule has 2 nitrogen and oxygen atoms in total. The second-order valence-electron chi connectivity index (χ2n) is 3.93. The summed E-state index contributed by atoms with van der Waals surface area (Å²) in [6, 6.07) is 7.33. The maximum absolute atomic E-state index is 13.7. The lowest BCUT2D eigenvalue weighted by Gasteiger charge is -2.11. The van der Waals surface area contributed by atoms with Crippen molar-refractivity contribution in [3.8, 4) is 0 Å². The third kappa shape index (κ3) is 3.34. The molecule has 2 rings (SSSR count). The predicted molar refractivity (Wildman–Crippen MR) is 87.4 cm³/mol. The highest BCUT2D eigenvalue weighted by molar-refractivity contribution is 9.10. The molecule has 0 radical (unpaired) electrons. The zero-order valence-corrected chi connectivity index (χ0v) is 13.9. The molecule has 0 fully saturated rings. The number of anilines is 2. The average Bonchev–Trinajstić information content (AvgIpc) is 2.33. The van der Waals surface area contributed by atoms with Gasteiger partial charge in [-0.3, -0.25) is 0 Å². The summed E-state index contributed by atoms with van der Waals surface area (Å²) in [5.74, 6) is -1.38. The van der Waals surface area contributed by atoms with Gasteiger partial charge in [-0.2, -0.15) is 0 Å². The lowest BCUT2D eigenvalue weighted by Crippen LogP contribution is -2.10. The number of hydrogen-bond donors (Lipinski definition) is 2. The van der Waals surface area contributed by atoms with E-state index in [4.69, 9.17) is 18.0 Å². The van der Waals surface area contributed by atoms with Crippen LogP contribution < -0.4 is 11.1 Å². The van der Waals surface area contributed by atoms with Crippen molar-refractivity contribution in [3.05, 3.63) is 56.5 Å². The third-order valence-electron chi connectivity index (χ3n) is 2.51. The monoisotopic (exact) mass is 420 g/mol. The van der Waals surface area contributed by atoms with Gasteiger partial charge < -0.3 is 11.1 Å². The van der Waals surface area contributed by atoms with Gasteiger partial charge in [-0.25, -0.2) is 8.78 Å². The van der Waals surface area contributed by atoms with E-state index in [2.05, 4.69) is 37.2 Å². The van der Waals surface area contributed by atoms with E-state index >= 15 is 0 Å². The van der Waals surface area contributed by atoms with Gasteiger partial charge in [0.2, 0.25) is 0 Å². The molecule has 0 aliphatic rings. The molecule has 3 N–H and O–H groups in total. The van der Waals surface area contributed by atoms with Crippen LogP contribution in [0, 0.1) is 11.6 Å². The topological polar surface area (TPSA) is 38.0 Å². The maximum atomic E-state index is 13.7. The van der Waals surface area contributed by atoms with Crippen LogP contribution in [0.5, 0.6) is 0 Å². The number of nitrogens with one attached hydrogen (secondary N) is 1. The lowest BCUT2D eigenvalue weighted by atomic mass is 10.2. The van der Waals surface area contributed by atoms with Gasteiger partial charge in [-0.15, -0.1) is 0 Å².